The van der Waals surface area contributed by atoms with Gasteiger partial charge in [-0.2, -0.15) is 0 Å². The van der Waals surface area contributed by atoms with Gasteiger partial charge in [-0.15, -0.1) is 0 Å². The molecular formula is C16H12Cl2FNO4. The van der Waals surface area contributed by atoms with Crippen LogP contribution in [0, 0.1) is 5.82 Å². The van der Waals surface area contributed by atoms with E-state index in [1.807, 2.05) is 0 Å². The number of nitrogens with one attached hydrogen (secondary N) is 1. The SMILES string of the molecule is COc1ccc(C(=O)OCC(=O)Nc2c(Cl)cccc2Cl)cc1F. The molecule has 1 amide bonds. The predicted molar refractivity (Wildman–Crippen MR) is 88.3 cm³/mol. The molecule has 5 nitrogen and oxygen atoms in total. The molecule has 0 aliphatic carbocycles. The van der Waals surface area contributed by atoms with Gasteiger partial charge in [-0.3, -0.25) is 4.79 Å². The average Bonchev–Trinajstić information content (AvgIpc) is 2.56. The Morgan fingerprint density at radius 1 is 1.17 bits per heavy atom. The zero-order valence-corrected chi connectivity index (χ0v) is 13.9. The zero-order chi connectivity index (χ0) is 17.7. The van der Waals surface area contributed by atoms with Crippen molar-refractivity contribution in [3.8, 4) is 5.75 Å². The summed E-state index contributed by atoms with van der Waals surface area (Å²) in [5.41, 5.74) is 0.175. The summed E-state index contributed by atoms with van der Waals surface area (Å²) in [5.74, 6) is -2.19. The second-order valence-electron chi connectivity index (χ2n) is 4.57. The maximum absolute atomic E-state index is 13.5. The summed E-state index contributed by atoms with van der Waals surface area (Å²) in [6.07, 6.45) is 0. The number of anilines is 1. The summed E-state index contributed by atoms with van der Waals surface area (Å²) in [5, 5.41) is 2.94. The van der Waals surface area contributed by atoms with Gasteiger partial charge in [0, 0.05) is 0 Å². The van der Waals surface area contributed by atoms with Gasteiger partial charge in [-0.05, 0) is 30.3 Å². The van der Waals surface area contributed by atoms with Gasteiger partial charge in [-0.1, -0.05) is 29.3 Å². The van der Waals surface area contributed by atoms with E-state index in [4.69, 9.17) is 32.7 Å². The molecule has 24 heavy (non-hydrogen) atoms. The zero-order valence-electron chi connectivity index (χ0n) is 12.4. The molecular weight excluding hydrogens is 360 g/mol. The van der Waals surface area contributed by atoms with Crippen LogP contribution in [0.4, 0.5) is 10.1 Å². The summed E-state index contributed by atoms with van der Waals surface area (Å²) in [6, 6.07) is 8.30. The normalized spacial score (nSPS) is 10.2. The van der Waals surface area contributed by atoms with Crippen LogP contribution in [0.15, 0.2) is 36.4 Å². The summed E-state index contributed by atoms with van der Waals surface area (Å²) in [7, 11) is 1.31. The van der Waals surface area contributed by atoms with Crippen LogP contribution in [0.3, 0.4) is 0 Å². The monoisotopic (exact) mass is 371 g/mol. The van der Waals surface area contributed by atoms with Gasteiger partial charge in [0.05, 0.1) is 28.4 Å². The highest BCUT2D eigenvalue weighted by Gasteiger charge is 2.15. The molecule has 0 aliphatic heterocycles. The van der Waals surface area contributed by atoms with Crippen LogP contribution in [0.5, 0.6) is 5.75 Å². The summed E-state index contributed by atoms with van der Waals surface area (Å²) in [6.45, 7) is -0.575. The third-order valence-electron chi connectivity index (χ3n) is 2.95. The van der Waals surface area contributed by atoms with E-state index in [0.717, 1.165) is 6.07 Å². The largest absolute Gasteiger partial charge is 0.494 e. The molecule has 0 heterocycles. The Hall–Kier alpha value is -2.31. The van der Waals surface area contributed by atoms with Crippen LogP contribution < -0.4 is 10.1 Å². The number of halogens is 3. The minimum absolute atomic E-state index is 0.00217. The molecule has 2 rings (SSSR count). The number of para-hydroxylation sites is 1. The smallest absolute Gasteiger partial charge is 0.338 e. The van der Waals surface area contributed by atoms with Gasteiger partial charge in [0.15, 0.2) is 18.2 Å². The van der Waals surface area contributed by atoms with Crippen molar-refractivity contribution in [2.24, 2.45) is 0 Å². The Morgan fingerprint density at radius 2 is 1.83 bits per heavy atom. The van der Waals surface area contributed by atoms with E-state index in [0.29, 0.717) is 0 Å². The van der Waals surface area contributed by atoms with Crippen LogP contribution in [0.25, 0.3) is 0 Å². The third-order valence-corrected chi connectivity index (χ3v) is 3.58. The lowest BCUT2D eigenvalue weighted by molar-refractivity contribution is -0.119. The maximum atomic E-state index is 13.5. The molecule has 0 atom stereocenters. The molecule has 0 saturated carbocycles. The Morgan fingerprint density at radius 3 is 2.42 bits per heavy atom. The number of carbonyl (C=O) groups is 2. The lowest BCUT2D eigenvalue weighted by Gasteiger charge is -2.10. The molecule has 0 aromatic heterocycles. The standard InChI is InChI=1S/C16H12Cl2FNO4/c1-23-13-6-5-9(7-12(13)19)16(22)24-8-14(21)20-15-10(17)3-2-4-11(15)18/h2-7H,8H2,1H3,(H,20,21). The second kappa shape index (κ2) is 7.99. The van der Waals surface area contributed by atoms with E-state index in [1.54, 1.807) is 18.2 Å². The molecule has 126 valence electrons. The third kappa shape index (κ3) is 4.37. The first-order valence-electron chi connectivity index (χ1n) is 6.67. The van der Waals surface area contributed by atoms with Crippen molar-refractivity contribution in [3.63, 3.8) is 0 Å². The molecule has 8 heteroatoms. The number of carbonyl (C=O) groups excluding carboxylic acids is 2. The Balaban J connectivity index is 1.96. The first-order valence-corrected chi connectivity index (χ1v) is 7.42. The number of amides is 1. The number of benzene rings is 2. The van der Waals surface area contributed by atoms with Crippen molar-refractivity contribution in [1.82, 2.24) is 0 Å². The highest BCUT2D eigenvalue weighted by Crippen LogP contribution is 2.29. The summed E-state index contributed by atoms with van der Waals surface area (Å²) >= 11 is 11.8. The fourth-order valence-electron chi connectivity index (χ4n) is 1.80. The maximum Gasteiger partial charge on any atom is 0.338 e. The van der Waals surface area contributed by atoms with E-state index in [-0.39, 0.29) is 27.0 Å². The number of ether oxygens (including phenoxy) is 2. The highest BCUT2D eigenvalue weighted by atomic mass is 35.5. The number of methoxy groups -OCH3 is 1. The molecule has 1 N–H and O–H groups in total. The van der Waals surface area contributed by atoms with E-state index in [1.165, 1.54) is 19.2 Å². The lowest BCUT2D eigenvalue weighted by atomic mass is 10.2. The van der Waals surface area contributed by atoms with Crippen LogP contribution in [-0.4, -0.2) is 25.6 Å². The molecule has 0 radical (unpaired) electrons. The van der Waals surface area contributed by atoms with E-state index in [2.05, 4.69) is 5.32 Å². The Kier molecular flexibility index (Phi) is 6.00. The van der Waals surface area contributed by atoms with Gasteiger partial charge in [-0.25, -0.2) is 9.18 Å². The topological polar surface area (TPSA) is 64.6 Å². The molecule has 0 aliphatic rings. The minimum Gasteiger partial charge on any atom is -0.494 e. The molecule has 0 bridgehead atoms. The van der Waals surface area contributed by atoms with Gasteiger partial charge in [0.25, 0.3) is 5.91 Å². The molecule has 0 unspecified atom stereocenters. The molecule has 2 aromatic rings. The van der Waals surface area contributed by atoms with Gasteiger partial charge in [0.2, 0.25) is 0 Å². The van der Waals surface area contributed by atoms with Crippen molar-refractivity contribution in [2.45, 2.75) is 0 Å². The average molecular weight is 372 g/mol. The Labute approximate surface area is 147 Å². The predicted octanol–water partition coefficient (Wildman–Crippen LogP) is 3.94. The number of esters is 1. The highest BCUT2D eigenvalue weighted by molar-refractivity contribution is 6.39. The van der Waals surface area contributed by atoms with Crippen molar-refractivity contribution in [2.75, 3.05) is 19.0 Å². The Bertz CT molecular complexity index is 762. The minimum atomic E-state index is -0.850. The molecule has 0 fully saturated rings. The van der Waals surface area contributed by atoms with Gasteiger partial charge >= 0.3 is 5.97 Å². The molecule has 0 saturated heterocycles. The first kappa shape index (κ1) is 18.0. The quantitative estimate of drug-likeness (QED) is 0.808. The molecule has 0 spiro atoms. The summed E-state index contributed by atoms with van der Waals surface area (Å²) < 4.78 is 23.1. The van der Waals surface area contributed by atoms with Crippen molar-refractivity contribution in [3.05, 3.63) is 57.8 Å². The van der Waals surface area contributed by atoms with Gasteiger partial charge in [0.1, 0.15) is 0 Å². The first-order chi connectivity index (χ1) is 11.4. The van der Waals surface area contributed by atoms with Crippen LogP contribution in [-0.2, 0) is 9.53 Å². The van der Waals surface area contributed by atoms with Crippen LogP contribution in [0.2, 0.25) is 10.0 Å². The van der Waals surface area contributed by atoms with Crippen molar-refractivity contribution >= 4 is 40.8 Å². The van der Waals surface area contributed by atoms with Gasteiger partial charge < -0.3 is 14.8 Å². The van der Waals surface area contributed by atoms with E-state index >= 15 is 0 Å². The fraction of sp³-hybridized carbons (Fsp3) is 0.125. The van der Waals surface area contributed by atoms with Crippen LogP contribution in [0.1, 0.15) is 10.4 Å². The fourth-order valence-corrected chi connectivity index (χ4v) is 2.29. The van der Waals surface area contributed by atoms with E-state index < -0.39 is 24.3 Å². The van der Waals surface area contributed by atoms with Crippen LogP contribution >= 0.6 is 23.2 Å². The van der Waals surface area contributed by atoms with E-state index in [9.17, 15) is 14.0 Å². The van der Waals surface area contributed by atoms with Crippen molar-refractivity contribution < 1.29 is 23.5 Å². The second-order valence-corrected chi connectivity index (χ2v) is 5.38. The lowest BCUT2D eigenvalue weighted by Crippen LogP contribution is -2.21. The summed E-state index contributed by atoms with van der Waals surface area (Å²) in [4.78, 5) is 23.6. The number of hydrogen-bond donors (Lipinski definition) is 1. The van der Waals surface area contributed by atoms with Crippen molar-refractivity contribution in [1.29, 1.82) is 0 Å². The molecule has 2 aromatic carbocycles. The number of hydrogen-bond acceptors (Lipinski definition) is 4. The number of rotatable bonds is 5.